The Kier molecular flexibility index (Phi) is 4.36. The molecule has 0 aromatic rings. The number of likely N-dealkylation sites (tertiary alicyclic amines) is 1. The Morgan fingerprint density at radius 1 is 1.28 bits per heavy atom. The predicted octanol–water partition coefficient (Wildman–Crippen LogP) is 0.618. The average molecular weight is 252 g/mol. The predicted molar refractivity (Wildman–Crippen MR) is 67.1 cm³/mol. The molecule has 1 amide bonds. The number of rotatable bonds is 5. The first kappa shape index (κ1) is 13.1. The Bertz CT molecular complexity index is 348. The summed E-state index contributed by atoms with van der Waals surface area (Å²) in [6, 6.07) is -0.114. The van der Waals surface area contributed by atoms with Gasteiger partial charge in [0.2, 0.25) is 5.91 Å². The Morgan fingerprint density at radius 3 is 2.61 bits per heavy atom. The van der Waals surface area contributed by atoms with Crippen LogP contribution >= 0.6 is 0 Å². The van der Waals surface area contributed by atoms with Gasteiger partial charge in [-0.05, 0) is 32.4 Å². The minimum Gasteiger partial charge on any atom is -0.481 e. The van der Waals surface area contributed by atoms with Gasteiger partial charge in [0.1, 0.15) is 0 Å². The number of nitrogens with one attached hydrogen (secondary N) is 1. The lowest BCUT2D eigenvalue weighted by Crippen LogP contribution is -2.35. The Labute approximate surface area is 107 Å². The molecule has 0 bridgehead atoms. The van der Waals surface area contributed by atoms with Gasteiger partial charge in [0.05, 0.1) is 5.92 Å². The fourth-order valence-electron chi connectivity index (χ4n) is 2.53. The lowest BCUT2D eigenvalue weighted by atomic mass is 10.1. The van der Waals surface area contributed by atoms with Crippen LogP contribution in [0.5, 0.6) is 0 Å². The highest BCUT2D eigenvalue weighted by Crippen LogP contribution is 2.18. The Balaban J connectivity index is 1.65. The molecule has 18 heavy (non-hydrogen) atoms. The molecule has 0 spiro atoms. The largest absolute Gasteiger partial charge is 0.481 e. The molecule has 100 valence electrons. The molecule has 0 aromatic carbocycles. The summed E-state index contributed by atoms with van der Waals surface area (Å²) < 4.78 is 0. The first-order chi connectivity index (χ1) is 8.65. The zero-order valence-corrected chi connectivity index (χ0v) is 10.5. The van der Waals surface area contributed by atoms with E-state index in [-0.39, 0.29) is 11.9 Å². The van der Waals surface area contributed by atoms with Gasteiger partial charge in [-0.1, -0.05) is 12.2 Å². The lowest BCUT2D eigenvalue weighted by molar-refractivity contribution is -0.140. The van der Waals surface area contributed by atoms with Gasteiger partial charge in [0, 0.05) is 19.0 Å². The highest BCUT2D eigenvalue weighted by Gasteiger charge is 2.25. The van der Waals surface area contributed by atoms with E-state index in [2.05, 4.69) is 10.2 Å². The first-order valence-electron chi connectivity index (χ1n) is 6.58. The van der Waals surface area contributed by atoms with E-state index in [9.17, 15) is 9.59 Å². The fourth-order valence-corrected chi connectivity index (χ4v) is 2.53. The van der Waals surface area contributed by atoms with Crippen molar-refractivity contribution in [2.24, 2.45) is 5.92 Å². The van der Waals surface area contributed by atoms with Gasteiger partial charge in [-0.2, -0.15) is 0 Å². The van der Waals surface area contributed by atoms with Gasteiger partial charge in [-0.3, -0.25) is 9.59 Å². The van der Waals surface area contributed by atoms with E-state index in [1.165, 1.54) is 12.8 Å². The number of hydrogen-bond acceptors (Lipinski definition) is 3. The van der Waals surface area contributed by atoms with Gasteiger partial charge in [0.15, 0.2) is 0 Å². The van der Waals surface area contributed by atoms with Gasteiger partial charge >= 0.3 is 5.97 Å². The highest BCUT2D eigenvalue weighted by molar-refractivity contribution is 5.77. The van der Waals surface area contributed by atoms with Gasteiger partial charge in [0.25, 0.3) is 0 Å². The van der Waals surface area contributed by atoms with E-state index < -0.39 is 11.9 Å². The number of carboxylic acid groups (broad SMARTS) is 1. The van der Waals surface area contributed by atoms with Gasteiger partial charge in [-0.15, -0.1) is 0 Å². The van der Waals surface area contributed by atoms with Crippen molar-refractivity contribution in [3.05, 3.63) is 12.2 Å². The molecular weight excluding hydrogens is 232 g/mol. The van der Waals surface area contributed by atoms with E-state index in [1.54, 1.807) is 12.2 Å². The van der Waals surface area contributed by atoms with Gasteiger partial charge < -0.3 is 15.3 Å². The van der Waals surface area contributed by atoms with E-state index in [4.69, 9.17) is 5.11 Å². The van der Waals surface area contributed by atoms with Crippen LogP contribution in [-0.2, 0) is 9.59 Å². The average Bonchev–Trinajstić information content (AvgIpc) is 2.96. The monoisotopic (exact) mass is 252 g/mol. The summed E-state index contributed by atoms with van der Waals surface area (Å²) >= 11 is 0. The van der Waals surface area contributed by atoms with Crippen LogP contribution in [-0.4, -0.2) is 47.6 Å². The summed E-state index contributed by atoms with van der Waals surface area (Å²) in [7, 11) is 0. The van der Waals surface area contributed by atoms with Crippen molar-refractivity contribution in [3.63, 3.8) is 0 Å². The molecule has 2 N–H and O–H groups in total. The third-order valence-corrected chi connectivity index (χ3v) is 3.60. The summed E-state index contributed by atoms with van der Waals surface area (Å²) in [5.74, 6) is -1.25. The van der Waals surface area contributed by atoms with Crippen LogP contribution in [0.3, 0.4) is 0 Å². The maximum absolute atomic E-state index is 11.7. The van der Waals surface area contributed by atoms with Crippen molar-refractivity contribution in [2.45, 2.75) is 31.7 Å². The molecule has 2 atom stereocenters. The molecular formula is C13H20N2O3. The van der Waals surface area contributed by atoms with Gasteiger partial charge in [-0.25, -0.2) is 0 Å². The second-order valence-corrected chi connectivity index (χ2v) is 5.04. The molecule has 1 aliphatic carbocycles. The molecule has 1 fully saturated rings. The number of amides is 1. The van der Waals surface area contributed by atoms with Crippen molar-refractivity contribution in [3.8, 4) is 0 Å². The topological polar surface area (TPSA) is 69.6 Å². The van der Waals surface area contributed by atoms with Crippen LogP contribution in [0, 0.1) is 5.92 Å². The minimum atomic E-state index is -0.819. The SMILES string of the molecule is O=C(CCN1CCCC1)NC1C=CC(C(=O)O)C1. The number of carbonyl (C=O) groups is 2. The maximum Gasteiger partial charge on any atom is 0.310 e. The highest BCUT2D eigenvalue weighted by atomic mass is 16.4. The van der Waals surface area contributed by atoms with Crippen molar-refractivity contribution in [2.75, 3.05) is 19.6 Å². The third kappa shape index (κ3) is 3.57. The second kappa shape index (κ2) is 6.00. The standard InChI is InChI=1S/C13H20N2O3/c16-12(5-8-15-6-1-2-7-15)14-11-4-3-10(9-11)13(17)18/h3-4,10-11H,1-2,5-9H2,(H,14,16)(H,17,18). The van der Waals surface area contributed by atoms with Crippen LogP contribution in [0.2, 0.25) is 0 Å². The summed E-state index contributed by atoms with van der Waals surface area (Å²) in [5, 5.41) is 11.7. The van der Waals surface area contributed by atoms with Crippen molar-refractivity contribution in [1.29, 1.82) is 0 Å². The number of carbonyl (C=O) groups excluding carboxylic acids is 1. The van der Waals surface area contributed by atoms with E-state index >= 15 is 0 Å². The molecule has 5 nitrogen and oxygen atoms in total. The molecule has 2 unspecified atom stereocenters. The van der Waals surface area contributed by atoms with Crippen molar-refractivity contribution < 1.29 is 14.7 Å². The molecule has 1 heterocycles. The molecule has 5 heteroatoms. The summed E-state index contributed by atoms with van der Waals surface area (Å²) in [6.07, 6.45) is 6.88. The number of nitrogens with zero attached hydrogens (tertiary/aromatic N) is 1. The summed E-state index contributed by atoms with van der Waals surface area (Å²) in [6.45, 7) is 3.00. The van der Waals surface area contributed by atoms with Crippen LogP contribution in [0.15, 0.2) is 12.2 Å². The molecule has 0 saturated carbocycles. The van der Waals surface area contributed by atoms with E-state index in [0.717, 1.165) is 19.6 Å². The van der Waals surface area contributed by atoms with Crippen LogP contribution < -0.4 is 5.32 Å². The molecule has 2 aliphatic rings. The van der Waals surface area contributed by atoms with E-state index in [1.807, 2.05) is 0 Å². The summed E-state index contributed by atoms with van der Waals surface area (Å²) in [4.78, 5) is 24.8. The number of carboxylic acids is 1. The van der Waals surface area contributed by atoms with Crippen molar-refractivity contribution >= 4 is 11.9 Å². The smallest absolute Gasteiger partial charge is 0.310 e. The Morgan fingerprint density at radius 2 is 2.00 bits per heavy atom. The van der Waals surface area contributed by atoms with Crippen molar-refractivity contribution in [1.82, 2.24) is 10.2 Å². The quantitative estimate of drug-likeness (QED) is 0.704. The van der Waals surface area contributed by atoms with E-state index in [0.29, 0.717) is 12.8 Å². The molecule has 0 aromatic heterocycles. The third-order valence-electron chi connectivity index (χ3n) is 3.60. The zero-order valence-electron chi connectivity index (χ0n) is 10.5. The molecule has 0 radical (unpaired) electrons. The fraction of sp³-hybridized carbons (Fsp3) is 0.692. The molecule has 1 saturated heterocycles. The normalized spacial score (nSPS) is 27.6. The second-order valence-electron chi connectivity index (χ2n) is 5.04. The Hall–Kier alpha value is -1.36. The summed E-state index contributed by atoms with van der Waals surface area (Å²) in [5.41, 5.74) is 0. The van der Waals surface area contributed by atoms with Crippen LogP contribution in [0.1, 0.15) is 25.7 Å². The van der Waals surface area contributed by atoms with Crippen LogP contribution in [0.4, 0.5) is 0 Å². The molecule has 2 rings (SSSR count). The minimum absolute atomic E-state index is 0.0163. The number of aliphatic carboxylic acids is 1. The maximum atomic E-state index is 11.7. The lowest BCUT2D eigenvalue weighted by Gasteiger charge is -2.16. The van der Waals surface area contributed by atoms with Crippen LogP contribution in [0.25, 0.3) is 0 Å². The number of hydrogen-bond donors (Lipinski definition) is 2. The molecule has 1 aliphatic heterocycles. The first-order valence-corrected chi connectivity index (χ1v) is 6.58. The zero-order chi connectivity index (χ0) is 13.0.